The van der Waals surface area contributed by atoms with Crippen LogP contribution in [0.2, 0.25) is 0 Å². The average Bonchev–Trinajstić information content (AvgIpc) is 3.03. The first kappa shape index (κ1) is 12.1. The molecule has 2 heterocycles. The molecule has 1 atom stereocenters. The van der Waals surface area contributed by atoms with Crippen molar-refractivity contribution in [1.82, 2.24) is 10.3 Å². The number of carbonyl (C=O) groups is 1. The molecule has 1 aromatic heterocycles. The van der Waals surface area contributed by atoms with Gasteiger partial charge in [0.1, 0.15) is 0 Å². The minimum Gasteiger partial charge on any atom is -0.316 e. The number of carbonyl (C=O) groups excluding carboxylic acids is 1. The predicted molar refractivity (Wildman–Crippen MR) is 73.0 cm³/mol. The second kappa shape index (κ2) is 4.63. The Balaban J connectivity index is 1.73. The van der Waals surface area contributed by atoms with Gasteiger partial charge in [-0.1, -0.05) is 6.92 Å². The molecule has 2 aliphatic rings. The fourth-order valence-electron chi connectivity index (χ4n) is 2.87. The fraction of sp³-hybridized carbons (Fsp3) is 0.692. The van der Waals surface area contributed by atoms with Gasteiger partial charge in [-0.2, -0.15) is 0 Å². The van der Waals surface area contributed by atoms with E-state index < -0.39 is 0 Å². The van der Waals surface area contributed by atoms with Crippen molar-refractivity contribution < 1.29 is 4.79 Å². The zero-order valence-electron chi connectivity index (χ0n) is 10.7. The molecule has 0 saturated carbocycles. The van der Waals surface area contributed by atoms with Crippen molar-refractivity contribution in [1.29, 1.82) is 0 Å². The molecule has 5 heteroatoms. The van der Waals surface area contributed by atoms with Gasteiger partial charge in [0.2, 0.25) is 5.91 Å². The number of hydrogen-bond acceptors (Lipinski definition) is 4. The summed E-state index contributed by atoms with van der Waals surface area (Å²) in [6.45, 7) is 3.82. The van der Waals surface area contributed by atoms with Crippen LogP contribution in [-0.2, 0) is 17.6 Å². The second-order valence-electron chi connectivity index (χ2n) is 5.26. The lowest BCUT2D eigenvalue weighted by atomic mass is 9.83. The highest BCUT2D eigenvalue weighted by Gasteiger charge is 2.39. The molecule has 0 aromatic carbocycles. The number of rotatable bonds is 3. The van der Waals surface area contributed by atoms with E-state index in [9.17, 15) is 4.79 Å². The molecule has 0 bridgehead atoms. The van der Waals surface area contributed by atoms with Crippen LogP contribution in [0.1, 0.15) is 36.8 Å². The van der Waals surface area contributed by atoms with Crippen molar-refractivity contribution in [3.8, 4) is 0 Å². The van der Waals surface area contributed by atoms with Gasteiger partial charge in [-0.3, -0.25) is 4.79 Å². The van der Waals surface area contributed by atoms with Crippen LogP contribution in [0.3, 0.4) is 0 Å². The number of nitrogens with one attached hydrogen (secondary N) is 2. The highest BCUT2D eigenvalue weighted by atomic mass is 32.1. The molecular weight excluding hydrogens is 246 g/mol. The molecule has 1 saturated heterocycles. The Morgan fingerprint density at radius 1 is 1.56 bits per heavy atom. The lowest BCUT2D eigenvalue weighted by Crippen LogP contribution is -2.37. The molecule has 98 valence electrons. The quantitative estimate of drug-likeness (QED) is 0.878. The van der Waals surface area contributed by atoms with E-state index in [1.807, 2.05) is 0 Å². The molecule has 0 radical (unpaired) electrons. The van der Waals surface area contributed by atoms with Gasteiger partial charge in [0.15, 0.2) is 5.13 Å². The summed E-state index contributed by atoms with van der Waals surface area (Å²) in [5, 5.41) is 7.12. The average molecular weight is 265 g/mol. The number of amides is 1. The van der Waals surface area contributed by atoms with Gasteiger partial charge in [0.05, 0.1) is 11.1 Å². The van der Waals surface area contributed by atoms with Crippen LogP contribution in [0.15, 0.2) is 0 Å². The van der Waals surface area contributed by atoms with Crippen LogP contribution in [-0.4, -0.2) is 24.0 Å². The van der Waals surface area contributed by atoms with E-state index in [1.54, 1.807) is 11.3 Å². The molecule has 18 heavy (non-hydrogen) atoms. The highest BCUT2D eigenvalue weighted by molar-refractivity contribution is 7.15. The molecule has 2 N–H and O–H groups in total. The normalized spacial score (nSPS) is 26.3. The lowest BCUT2D eigenvalue weighted by Gasteiger charge is -2.24. The summed E-state index contributed by atoms with van der Waals surface area (Å²) in [6.07, 6.45) is 5.23. The summed E-state index contributed by atoms with van der Waals surface area (Å²) in [5.41, 5.74) is 0.973. The number of nitrogens with zero attached hydrogens (tertiary/aromatic N) is 1. The molecule has 1 fully saturated rings. The molecule has 1 unspecified atom stereocenters. The third-order valence-electron chi connectivity index (χ3n) is 4.22. The number of aryl methyl sites for hydroxylation is 2. The lowest BCUT2D eigenvalue weighted by molar-refractivity contribution is -0.124. The molecule has 1 amide bonds. The molecule has 3 rings (SSSR count). The van der Waals surface area contributed by atoms with E-state index in [2.05, 4.69) is 22.5 Å². The molecule has 0 spiro atoms. The van der Waals surface area contributed by atoms with Crippen LogP contribution < -0.4 is 10.6 Å². The molecule has 1 aliphatic heterocycles. The van der Waals surface area contributed by atoms with Gasteiger partial charge < -0.3 is 10.6 Å². The maximum absolute atomic E-state index is 12.4. The molecule has 1 aromatic rings. The van der Waals surface area contributed by atoms with E-state index in [-0.39, 0.29) is 11.3 Å². The van der Waals surface area contributed by atoms with Gasteiger partial charge in [-0.05, 0) is 38.6 Å². The molecular formula is C13H19N3OS. The number of anilines is 1. The maximum Gasteiger partial charge on any atom is 0.233 e. The predicted octanol–water partition coefficient (Wildman–Crippen LogP) is 1.96. The Morgan fingerprint density at radius 2 is 2.44 bits per heavy atom. The SMILES string of the molecule is CCC1(C(=O)Nc2nc3c(s2)CCC3)CCNC1. The van der Waals surface area contributed by atoms with Crippen LogP contribution in [0.4, 0.5) is 5.13 Å². The molecule has 1 aliphatic carbocycles. The van der Waals surface area contributed by atoms with Crippen LogP contribution in [0.5, 0.6) is 0 Å². The largest absolute Gasteiger partial charge is 0.316 e. The molecule has 4 nitrogen and oxygen atoms in total. The fourth-order valence-corrected chi connectivity index (χ4v) is 3.92. The first-order valence-corrected chi connectivity index (χ1v) is 7.56. The summed E-state index contributed by atoms with van der Waals surface area (Å²) in [7, 11) is 0. The van der Waals surface area contributed by atoms with Gasteiger partial charge in [-0.25, -0.2) is 4.98 Å². The van der Waals surface area contributed by atoms with E-state index in [4.69, 9.17) is 0 Å². The summed E-state index contributed by atoms with van der Waals surface area (Å²) in [5.74, 6) is 0.141. The smallest absolute Gasteiger partial charge is 0.233 e. The second-order valence-corrected chi connectivity index (χ2v) is 6.34. The maximum atomic E-state index is 12.4. The van der Waals surface area contributed by atoms with E-state index in [1.165, 1.54) is 17.0 Å². The summed E-state index contributed by atoms with van der Waals surface area (Å²) < 4.78 is 0. The third-order valence-corrected chi connectivity index (χ3v) is 5.29. The van der Waals surface area contributed by atoms with Gasteiger partial charge in [-0.15, -0.1) is 11.3 Å². The number of thiazole rings is 1. The van der Waals surface area contributed by atoms with Gasteiger partial charge in [0.25, 0.3) is 0 Å². The van der Waals surface area contributed by atoms with Crippen molar-refractivity contribution >= 4 is 22.4 Å². The Morgan fingerprint density at radius 3 is 3.11 bits per heavy atom. The topological polar surface area (TPSA) is 54.0 Å². The van der Waals surface area contributed by atoms with E-state index >= 15 is 0 Å². The zero-order chi connectivity index (χ0) is 12.6. The van der Waals surface area contributed by atoms with E-state index in [0.717, 1.165) is 43.9 Å². The van der Waals surface area contributed by atoms with Gasteiger partial charge in [0, 0.05) is 11.4 Å². The first-order chi connectivity index (χ1) is 8.73. The van der Waals surface area contributed by atoms with Crippen molar-refractivity contribution in [2.24, 2.45) is 5.41 Å². The van der Waals surface area contributed by atoms with E-state index in [0.29, 0.717) is 0 Å². The number of fused-ring (bicyclic) bond motifs is 1. The van der Waals surface area contributed by atoms with Crippen LogP contribution in [0.25, 0.3) is 0 Å². The van der Waals surface area contributed by atoms with Gasteiger partial charge >= 0.3 is 0 Å². The zero-order valence-corrected chi connectivity index (χ0v) is 11.5. The Hall–Kier alpha value is -0.940. The Kier molecular flexibility index (Phi) is 3.11. The Bertz CT molecular complexity index is 441. The minimum atomic E-state index is -0.226. The summed E-state index contributed by atoms with van der Waals surface area (Å²) in [4.78, 5) is 18.3. The highest BCUT2D eigenvalue weighted by Crippen LogP contribution is 2.34. The monoisotopic (exact) mass is 265 g/mol. The van der Waals surface area contributed by atoms with Crippen LogP contribution >= 0.6 is 11.3 Å². The minimum absolute atomic E-state index is 0.141. The Labute approximate surface area is 111 Å². The summed E-state index contributed by atoms with van der Waals surface area (Å²) in [6, 6.07) is 0. The van der Waals surface area contributed by atoms with Crippen LogP contribution in [0, 0.1) is 5.41 Å². The standard InChI is InChI=1S/C13H19N3OS/c1-2-13(6-7-14-8-13)11(17)16-12-15-9-4-3-5-10(9)18-12/h14H,2-8H2,1H3,(H,15,16,17). The van der Waals surface area contributed by atoms with Crippen molar-refractivity contribution in [3.63, 3.8) is 0 Å². The number of aromatic nitrogens is 1. The first-order valence-electron chi connectivity index (χ1n) is 6.74. The van der Waals surface area contributed by atoms with Crippen molar-refractivity contribution in [2.75, 3.05) is 18.4 Å². The number of hydrogen-bond donors (Lipinski definition) is 2. The third kappa shape index (κ3) is 1.95. The van der Waals surface area contributed by atoms with Crippen molar-refractivity contribution in [3.05, 3.63) is 10.6 Å². The summed E-state index contributed by atoms with van der Waals surface area (Å²) >= 11 is 1.65. The van der Waals surface area contributed by atoms with Crippen molar-refractivity contribution in [2.45, 2.75) is 39.0 Å².